The number of nitrogens with zero attached hydrogens (tertiary/aromatic N) is 2. The molecule has 0 spiro atoms. The average molecular weight is 779 g/mol. The number of aromatic nitrogens is 2. The molecule has 0 amide bonds. The van der Waals surface area contributed by atoms with Crippen LogP contribution in [0.15, 0.2) is 138 Å². The predicted octanol–water partition coefficient (Wildman–Crippen LogP) is 10.0. The van der Waals surface area contributed by atoms with Crippen molar-refractivity contribution in [3.8, 4) is 45.0 Å². The van der Waals surface area contributed by atoms with E-state index in [0.29, 0.717) is 0 Å². The van der Waals surface area contributed by atoms with Crippen LogP contribution in [0.3, 0.4) is 0 Å². The van der Waals surface area contributed by atoms with E-state index in [1.165, 1.54) is 5.19 Å². The number of rotatable bonds is 5. The van der Waals surface area contributed by atoms with Gasteiger partial charge in [-0.3, -0.25) is 0 Å². The predicted molar refractivity (Wildman–Crippen MR) is 185 cm³/mol. The number of benzene rings is 4. The van der Waals surface area contributed by atoms with Crippen molar-refractivity contribution in [1.29, 1.82) is 0 Å². The molecular weight excluding hydrogens is 745 g/mol. The Bertz CT molecular complexity index is 1930. The van der Waals surface area contributed by atoms with Crippen LogP contribution in [0.1, 0.15) is 5.56 Å². The largest absolute Gasteiger partial charge is 0.476 e. The van der Waals surface area contributed by atoms with Gasteiger partial charge in [0.25, 0.3) is 0 Å². The maximum Gasteiger partial charge on any atom is 0.126 e. The molecule has 45 heavy (non-hydrogen) atoms. The van der Waals surface area contributed by atoms with E-state index < -0.39 is 8.07 Å². The Morgan fingerprint density at radius 2 is 1.33 bits per heavy atom. The quantitative estimate of drug-likeness (QED) is 0.129. The van der Waals surface area contributed by atoms with Crippen molar-refractivity contribution < 1.29 is 24.5 Å². The fourth-order valence-electron chi connectivity index (χ4n) is 5.22. The summed E-state index contributed by atoms with van der Waals surface area (Å²) in [6.07, 6.45) is 3.82. The minimum atomic E-state index is -1.40. The Labute approximate surface area is 280 Å². The van der Waals surface area contributed by atoms with Crippen molar-refractivity contribution in [3.63, 3.8) is 0 Å². The van der Waals surface area contributed by atoms with E-state index >= 15 is 0 Å². The first-order chi connectivity index (χ1) is 21.4. The van der Waals surface area contributed by atoms with Gasteiger partial charge in [-0.15, -0.1) is 47.5 Å². The van der Waals surface area contributed by atoms with Crippen molar-refractivity contribution in [3.05, 3.63) is 151 Å². The molecule has 0 atom stereocenters. The summed E-state index contributed by atoms with van der Waals surface area (Å²) < 4.78 is 6.41. The van der Waals surface area contributed by atoms with Crippen LogP contribution in [0.25, 0.3) is 55.9 Å². The fraction of sp³-hybridized carbons (Fsp3) is 0.100. The van der Waals surface area contributed by atoms with Crippen LogP contribution in [0.4, 0.5) is 0 Å². The Balaban J connectivity index is 0.000000258. The van der Waals surface area contributed by atoms with Gasteiger partial charge < -0.3 is 14.4 Å². The Kier molecular flexibility index (Phi) is 10.0. The van der Waals surface area contributed by atoms with Crippen LogP contribution < -0.4 is 5.19 Å². The second-order valence-corrected chi connectivity index (χ2v) is 16.8. The smallest absolute Gasteiger partial charge is 0.126 e. The summed E-state index contributed by atoms with van der Waals surface area (Å²) in [6, 6.07) is 47.7. The summed E-state index contributed by atoms with van der Waals surface area (Å²) in [5.74, 6) is 0.897. The Morgan fingerprint density at radius 3 is 1.93 bits per heavy atom. The van der Waals surface area contributed by atoms with E-state index in [9.17, 15) is 0 Å². The molecule has 1 radical (unpaired) electrons. The SMILES string of the molecule is Cc1c(-c2ccccc2)oc2[c-]c(-c3ccc([Si](C)(C)C)cn3)cc(-c3ccccc3)c12.[Ir].[c-]1ccccc1-c1ccccn1. The van der Waals surface area contributed by atoms with Crippen molar-refractivity contribution in [2.45, 2.75) is 26.6 Å². The number of hydrogen-bond acceptors (Lipinski definition) is 3. The molecule has 0 aliphatic carbocycles. The van der Waals surface area contributed by atoms with E-state index in [2.05, 4.69) is 98.3 Å². The van der Waals surface area contributed by atoms with Crippen LogP contribution in [0, 0.1) is 19.1 Å². The van der Waals surface area contributed by atoms with Crippen LogP contribution in [-0.2, 0) is 20.1 Å². The van der Waals surface area contributed by atoms with Crippen molar-refractivity contribution in [2.75, 3.05) is 0 Å². The fourth-order valence-corrected chi connectivity index (χ4v) is 6.26. The van der Waals surface area contributed by atoms with E-state index in [-0.39, 0.29) is 20.1 Å². The summed E-state index contributed by atoms with van der Waals surface area (Å²) in [6.45, 7) is 9.15. The second-order valence-electron chi connectivity index (χ2n) is 11.8. The topological polar surface area (TPSA) is 38.9 Å². The zero-order valence-corrected chi connectivity index (χ0v) is 29.2. The van der Waals surface area contributed by atoms with Gasteiger partial charge in [0.15, 0.2) is 0 Å². The van der Waals surface area contributed by atoms with Gasteiger partial charge in [0.1, 0.15) is 5.76 Å². The number of hydrogen-bond donors (Lipinski definition) is 0. The number of pyridine rings is 2. The summed E-state index contributed by atoms with van der Waals surface area (Å²) in [5.41, 5.74) is 9.17. The van der Waals surface area contributed by atoms with Gasteiger partial charge in [-0.05, 0) is 40.7 Å². The Morgan fingerprint density at radius 1 is 0.667 bits per heavy atom. The molecule has 7 rings (SSSR count). The van der Waals surface area contributed by atoms with Crippen LogP contribution in [0.2, 0.25) is 19.6 Å². The first-order valence-electron chi connectivity index (χ1n) is 14.8. The summed E-state index contributed by atoms with van der Waals surface area (Å²) in [5, 5.41) is 2.46. The average Bonchev–Trinajstić information content (AvgIpc) is 3.42. The molecule has 3 nitrogen and oxygen atoms in total. The first-order valence-corrected chi connectivity index (χ1v) is 18.3. The van der Waals surface area contributed by atoms with Gasteiger partial charge in [0.05, 0.1) is 13.7 Å². The maximum atomic E-state index is 6.41. The number of fused-ring (bicyclic) bond motifs is 1. The minimum absolute atomic E-state index is 0. The number of furan rings is 1. The van der Waals surface area contributed by atoms with E-state index in [0.717, 1.165) is 61.5 Å². The summed E-state index contributed by atoms with van der Waals surface area (Å²) in [7, 11) is -1.40. The van der Waals surface area contributed by atoms with Gasteiger partial charge in [-0.1, -0.05) is 122 Å². The normalized spacial score (nSPS) is 10.9. The summed E-state index contributed by atoms with van der Waals surface area (Å²) in [4.78, 5) is 9.02. The summed E-state index contributed by atoms with van der Waals surface area (Å²) >= 11 is 0. The van der Waals surface area contributed by atoms with Gasteiger partial charge in [-0.25, -0.2) is 0 Å². The molecule has 0 saturated heterocycles. The molecular formula is C40H34IrN2OSi-2. The van der Waals surface area contributed by atoms with Crippen molar-refractivity contribution >= 4 is 24.2 Å². The molecule has 0 aliphatic heterocycles. The molecule has 0 aliphatic rings. The van der Waals surface area contributed by atoms with Gasteiger partial charge >= 0.3 is 0 Å². The third-order valence-corrected chi connectivity index (χ3v) is 9.66. The van der Waals surface area contributed by atoms with Crippen LogP contribution in [0.5, 0.6) is 0 Å². The molecule has 4 aromatic carbocycles. The third kappa shape index (κ3) is 7.29. The zero-order valence-electron chi connectivity index (χ0n) is 25.8. The van der Waals surface area contributed by atoms with E-state index in [1.807, 2.05) is 72.9 Å². The molecule has 0 fully saturated rings. The molecule has 0 bridgehead atoms. The van der Waals surface area contributed by atoms with Gasteiger partial charge in [0, 0.05) is 38.1 Å². The monoisotopic (exact) mass is 779 g/mol. The van der Waals surface area contributed by atoms with Gasteiger partial charge in [0.2, 0.25) is 0 Å². The zero-order chi connectivity index (χ0) is 30.5. The molecule has 0 saturated carbocycles. The van der Waals surface area contributed by atoms with E-state index in [4.69, 9.17) is 9.40 Å². The molecule has 225 valence electrons. The molecule has 3 aromatic heterocycles. The van der Waals surface area contributed by atoms with Crippen molar-refractivity contribution in [1.82, 2.24) is 9.97 Å². The van der Waals surface area contributed by atoms with Crippen molar-refractivity contribution in [2.24, 2.45) is 0 Å². The third-order valence-electron chi connectivity index (χ3n) is 7.63. The maximum absolute atomic E-state index is 6.41. The van der Waals surface area contributed by atoms with Crippen LogP contribution in [-0.4, -0.2) is 18.0 Å². The second kappa shape index (κ2) is 14.1. The molecule has 7 aromatic rings. The Hall–Kier alpha value is -4.41. The van der Waals surface area contributed by atoms with E-state index in [1.54, 1.807) is 6.20 Å². The number of aryl methyl sites for hydroxylation is 1. The standard InChI is InChI=1S/C29H26NOSi.C11H8N.Ir/c1-20-28-25(21-11-7-5-8-12-21)17-23(26-16-15-24(19-30-26)32(2,3)4)18-27(28)31-29(20)22-13-9-6-10-14-22;1-2-6-10(7-3-1)11-8-4-5-9-12-11;/h5-17,19H,1-4H3;1-6,8-9H;/q2*-1;. The molecule has 0 N–H and O–H groups in total. The first kappa shape index (κ1) is 32.0. The minimum Gasteiger partial charge on any atom is -0.476 e. The van der Waals surface area contributed by atoms with Crippen LogP contribution >= 0.6 is 0 Å². The molecule has 0 unspecified atom stereocenters. The van der Waals surface area contributed by atoms with Gasteiger partial charge in [-0.2, -0.15) is 0 Å². The molecule has 5 heteroatoms. The molecule has 3 heterocycles.